The number of benzene rings is 1. The van der Waals surface area contributed by atoms with Crippen LogP contribution in [0.15, 0.2) is 47.5 Å². The van der Waals surface area contributed by atoms with Crippen molar-refractivity contribution in [2.45, 2.75) is 26.3 Å². The molecule has 5 heteroatoms. The molecule has 0 N–H and O–H groups in total. The highest BCUT2D eigenvalue weighted by molar-refractivity contribution is 5.79. The molecule has 0 aliphatic heterocycles. The molecular weight excluding hydrogens is 252 g/mol. The molecule has 0 unspecified atom stereocenters. The summed E-state index contributed by atoms with van der Waals surface area (Å²) in [5.74, 6) is 0.596. The lowest BCUT2D eigenvalue weighted by molar-refractivity contribution is 0.637. The molecule has 0 spiro atoms. The third kappa shape index (κ3) is 2.11. The number of aryl methyl sites for hydroxylation is 1. The highest BCUT2D eigenvalue weighted by Gasteiger charge is 2.08. The molecular formula is C15H16N4O. The van der Waals surface area contributed by atoms with E-state index in [0.29, 0.717) is 11.2 Å². The molecule has 0 aliphatic rings. The molecule has 0 saturated carbocycles. The van der Waals surface area contributed by atoms with E-state index in [-0.39, 0.29) is 5.56 Å². The SMILES string of the molecule is CC/C=C/CCn1ncn2c3ccccc3c(=O)nc12. The molecule has 20 heavy (non-hydrogen) atoms. The van der Waals surface area contributed by atoms with Gasteiger partial charge in [0.2, 0.25) is 5.78 Å². The highest BCUT2D eigenvalue weighted by Crippen LogP contribution is 2.11. The minimum Gasteiger partial charge on any atom is -0.267 e. The van der Waals surface area contributed by atoms with E-state index >= 15 is 0 Å². The first kappa shape index (κ1) is 12.6. The predicted octanol–water partition coefficient (Wildman–Crippen LogP) is 2.40. The zero-order valence-corrected chi connectivity index (χ0v) is 11.4. The Labute approximate surface area is 116 Å². The number of hydrogen-bond acceptors (Lipinski definition) is 3. The summed E-state index contributed by atoms with van der Waals surface area (Å²) in [4.78, 5) is 16.2. The first-order chi connectivity index (χ1) is 9.81. The van der Waals surface area contributed by atoms with Crippen molar-refractivity contribution in [1.82, 2.24) is 19.2 Å². The number of aromatic nitrogens is 4. The van der Waals surface area contributed by atoms with Crippen molar-refractivity contribution < 1.29 is 0 Å². The Kier molecular flexibility index (Phi) is 3.33. The van der Waals surface area contributed by atoms with Gasteiger partial charge in [-0.3, -0.25) is 9.20 Å². The van der Waals surface area contributed by atoms with Crippen LogP contribution >= 0.6 is 0 Å². The molecule has 3 aromatic rings. The maximum absolute atomic E-state index is 12.0. The number of fused-ring (bicyclic) bond motifs is 3. The van der Waals surface area contributed by atoms with Crippen LogP contribution in [0.2, 0.25) is 0 Å². The number of allylic oxidation sites excluding steroid dienone is 2. The van der Waals surface area contributed by atoms with Gasteiger partial charge in [0, 0.05) is 6.54 Å². The van der Waals surface area contributed by atoms with Gasteiger partial charge in [-0.05, 0) is 25.0 Å². The average Bonchev–Trinajstić information content (AvgIpc) is 2.87. The van der Waals surface area contributed by atoms with E-state index in [1.807, 2.05) is 22.6 Å². The summed E-state index contributed by atoms with van der Waals surface area (Å²) in [5.41, 5.74) is 0.643. The largest absolute Gasteiger partial charge is 0.282 e. The lowest BCUT2D eigenvalue weighted by Gasteiger charge is -2.02. The normalized spacial score (nSPS) is 11.8. The number of nitrogens with zero attached hydrogens (tertiary/aromatic N) is 4. The lowest BCUT2D eigenvalue weighted by Crippen LogP contribution is -2.12. The van der Waals surface area contributed by atoms with E-state index in [0.717, 1.165) is 24.9 Å². The van der Waals surface area contributed by atoms with E-state index in [1.165, 1.54) is 0 Å². The topological polar surface area (TPSA) is 52.2 Å². The molecule has 0 radical (unpaired) electrons. The van der Waals surface area contributed by atoms with Crippen molar-refractivity contribution in [3.8, 4) is 0 Å². The molecule has 1 aromatic carbocycles. The molecule has 2 aromatic heterocycles. The standard InChI is InChI=1S/C15H16N4O/c1-2-3-4-7-10-19-15-17-14(20)12-8-5-6-9-13(12)18(15)11-16-19/h3-6,8-9,11H,2,7,10H2,1H3/b4-3+. The molecule has 0 aliphatic carbocycles. The summed E-state index contributed by atoms with van der Waals surface area (Å²) in [5, 5.41) is 4.95. The van der Waals surface area contributed by atoms with Crippen molar-refractivity contribution in [1.29, 1.82) is 0 Å². The van der Waals surface area contributed by atoms with E-state index in [1.54, 1.807) is 17.1 Å². The summed E-state index contributed by atoms with van der Waals surface area (Å²) in [6.45, 7) is 2.82. The second-order valence-corrected chi connectivity index (χ2v) is 4.63. The third-order valence-electron chi connectivity index (χ3n) is 3.26. The Bertz CT molecular complexity index is 829. The van der Waals surface area contributed by atoms with Gasteiger partial charge in [-0.15, -0.1) is 0 Å². The first-order valence-electron chi connectivity index (χ1n) is 6.79. The van der Waals surface area contributed by atoms with Crippen LogP contribution < -0.4 is 5.56 Å². The molecule has 0 amide bonds. The summed E-state index contributed by atoms with van der Waals surface area (Å²) in [6, 6.07) is 7.46. The Morgan fingerprint density at radius 3 is 2.95 bits per heavy atom. The van der Waals surface area contributed by atoms with Gasteiger partial charge in [0.15, 0.2) is 0 Å². The van der Waals surface area contributed by atoms with Gasteiger partial charge in [-0.25, -0.2) is 4.68 Å². The van der Waals surface area contributed by atoms with Crippen LogP contribution in [0.25, 0.3) is 16.7 Å². The average molecular weight is 268 g/mol. The van der Waals surface area contributed by atoms with Crippen molar-refractivity contribution in [3.63, 3.8) is 0 Å². The minimum absolute atomic E-state index is 0.202. The Balaban J connectivity index is 2.08. The van der Waals surface area contributed by atoms with Crippen LogP contribution in [0.4, 0.5) is 0 Å². The molecule has 2 heterocycles. The van der Waals surface area contributed by atoms with E-state index in [2.05, 4.69) is 29.2 Å². The quantitative estimate of drug-likeness (QED) is 0.683. The predicted molar refractivity (Wildman–Crippen MR) is 78.8 cm³/mol. The van der Waals surface area contributed by atoms with Gasteiger partial charge in [-0.2, -0.15) is 10.1 Å². The van der Waals surface area contributed by atoms with E-state index in [4.69, 9.17) is 0 Å². The zero-order valence-electron chi connectivity index (χ0n) is 11.4. The number of rotatable bonds is 4. The molecule has 5 nitrogen and oxygen atoms in total. The van der Waals surface area contributed by atoms with Crippen LogP contribution in [0, 0.1) is 0 Å². The van der Waals surface area contributed by atoms with E-state index in [9.17, 15) is 4.79 Å². The maximum Gasteiger partial charge on any atom is 0.282 e. The van der Waals surface area contributed by atoms with Gasteiger partial charge in [0.05, 0.1) is 10.9 Å². The highest BCUT2D eigenvalue weighted by atomic mass is 16.1. The second kappa shape index (κ2) is 5.28. The molecule has 0 saturated heterocycles. The van der Waals surface area contributed by atoms with Crippen LogP contribution in [0.3, 0.4) is 0 Å². The lowest BCUT2D eigenvalue weighted by atomic mass is 10.2. The molecule has 0 fully saturated rings. The first-order valence-corrected chi connectivity index (χ1v) is 6.79. The van der Waals surface area contributed by atoms with Crippen molar-refractivity contribution >= 4 is 16.7 Å². The Hall–Kier alpha value is -2.43. The fourth-order valence-electron chi connectivity index (χ4n) is 2.28. The maximum atomic E-state index is 12.0. The fourth-order valence-corrected chi connectivity index (χ4v) is 2.28. The van der Waals surface area contributed by atoms with Crippen LogP contribution in [0.5, 0.6) is 0 Å². The van der Waals surface area contributed by atoms with Crippen LogP contribution in [-0.2, 0) is 6.54 Å². The minimum atomic E-state index is -0.202. The van der Waals surface area contributed by atoms with Gasteiger partial charge >= 0.3 is 0 Å². The monoisotopic (exact) mass is 268 g/mol. The van der Waals surface area contributed by atoms with Gasteiger partial charge < -0.3 is 0 Å². The summed E-state index contributed by atoms with van der Waals surface area (Å²) in [7, 11) is 0. The molecule has 102 valence electrons. The molecule has 0 bridgehead atoms. The van der Waals surface area contributed by atoms with E-state index < -0.39 is 0 Å². The van der Waals surface area contributed by atoms with Gasteiger partial charge in [0.1, 0.15) is 6.33 Å². The number of para-hydroxylation sites is 1. The van der Waals surface area contributed by atoms with Crippen LogP contribution in [0.1, 0.15) is 19.8 Å². The van der Waals surface area contributed by atoms with Crippen molar-refractivity contribution in [2.75, 3.05) is 0 Å². The summed E-state index contributed by atoms with van der Waals surface area (Å²) < 4.78 is 3.63. The second-order valence-electron chi connectivity index (χ2n) is 4.63. The van der Waals surface area contributed by atoms with Crippen LogP contribution in [-0.4, -0.2) is 19.2 Å². The Morgan fingerprint density at radius 1 is 1.25 bits per heavy atom. The zero-order chi connectivity index (χ0) is 13.9. The van der Waals surface area contributed by atoms with Crippen molar-refractivity contribution in [3.05, 3.63) is 53.1 Å². The van der Waals surface area contributed by atoms with Gasteiger partial charge in [0.25, 0.3) is 5.56 Å². The fraction of sp³-hybridized carbons (Fsp3) is 0.267. The summed E-state index contributed by atoms with van der Waals surface area (Å²) in [6.07, 6.45) is 7.88. The Morgan fingerprint density at radius 2 is 2.10 bits per heavy atom. The van der Waals surface area contributed by atoms with Gasteiger partial charge in [-0.1, -0.05) is 31.2 Å². The number of hydrogen-bond donors (Lipinski definition) is 0. The third-order valence-corrected chi connectivity index (χ3v) is 3.26. The molecule has 3 rings (SSSR count). The smallest absolute Gasteiger partial charge is 0.267 e. The molecule has 0 atom stereocenters. The van der Waals surface area contributed by atoms with Crippen molar-refractivity contribution in [2.24, 2.45) is 0 Å². The summed E-state index contributed by atoms with van der Waals surface area (Å²) >= 11 is 0.